The second-order valence-electron chi connectivity index (χ2n) is 13.9. The zero-order chi connectivity index (χ0) is 34.5. The summed E-state index contributed by atoms with van der Waals surface area (Å²) in [5, 5.41) is 0. The van der Waals surface area contributed by atoms with Crippen LogP contribution in [0.3, 0.4) is 0 Å². The summed E-state index contributed by atoms with van der Waals surface area (Å²) >= 11 is 0. The fourth-order valence-electron chi connectivity index (χ4n) is 5.97. The fourth-order valence-corrected chi connectivity index (χ4v) is 5.97. The van der Waals surface area contributed by atoms with Crippen LogP contribution in [0.25, 0.3) is 0 Å². The molecule has 0 N–H and O–H groups in total. The van der Waals surface area contributed by atoms with E-state index in [0.29, 0.717) is 19.3 Å². The molecule has 0 aliphatic rings. The summed E-state index contributed by atoms with van der Waals surface area (Å²) in [6, 6.07) is 0. The summed E-state index contributed by atoms with van der Waals surface area (Å²) in [4.78, 5) is 37.2. The van der Waals surface area contributed by atoms with Crippen molar-refractivity contribution in [1.82, 2.24) is 0 Å². The van der Waals surface area contributed by atoms with Gasteiger partial charge < -0.3 is 14.2 Å². The molecule has 6 nitrogen and oxygen atoms in total. The highest BCUT2D eigenvalue weighted by molar-refractivity contribution is 5.71. The Balaban J connectivity index is 4.13. The van der Waals surface area contributed by atoms with Crippen LogP contribution in [0.15, 0.2) is 0 Å². The average Bonchev–Trinajstić information content (AvgIpc) is 3.06. The summed E-state index contributed by atoms with van der Waals surface area (Å²) < 4.78 is 16.5. The Morgan fingerprint density at radius 2 is 0.574 bits per heavy atom. The van der Waals surface area contributed by atoms with Crippen LogP contribution >= 0.6 is 0 Å². The number of esters is 3. The number of hydrogen-bond donors (Lipinski definition) is 0. The molecule has 278 valence electrons. The van der Waals surface area contributed by atoms with Gasteiger partial charge in [0.2, 0.25) is 0 Å². The Bertz CT molecular complexity index is 693. The molecule has 0 saturated carbocycles. The fraction of sp³-hybridized carbons (Fsp3) is 0.927. The van der Waals surface area contributed by atoms with Crippen LogP contribution in [-0.4, -0.2) is 37.2 Å². The van der Waals surface area contributed by atoms with E-state index in [4.69, 9.17) is 14.2 Å². The zero-order valence-corrected chi connectivity index (χ0v) is 31.6. The lowest BCUT2D eigenvalue weighted by molar-refractivity contribution is -0.167. The third-order valence-electron chi connectivity index (χ3n) is 9.11. The summed E-state index contributed by atoms with van der Waals surface area (Å²) in [6.07, 6.45) is 35.5. The van der Waals surface area contributed by atoms with Crippen molar-refractivity contribution in [3.05, 3.63) is 0 Å². The minimum Gasteiger partial charge on any atom is -0.462 e. The van der Waals surface area contributed by atoms with Crippen molar-refractivity contribution in [2.75, 3.05) is 13.2 Å². The first-order valence-electron chi connectivity index (χ1n) is 20.5. The van der Waals surface area contributed by atoms with Crippen LogP contribution in [0.2, 0.25) is 0 Å². The molecule has 0 aliphatic heterocycles. The Morgan fingerprint density at radius 1 is 0.340 bits per heavy atom. The van der Waals surface area contributed by atoms with Crippen molar-refractivity contribution in [2.45, 2.75) is 232 Å². The van der Waals surface area contributed by atoms with E-state index in [1.807, 2.05) is 0 Å². The summed E-state index contributed by atoms with van der Waals surface area (Å²) in [5.41, 5.74) is 0. The molecular formula is C41H78O6. The molecule has 0 aromatic heterocycles. The van der Waals surface area contributed by atoms with E-state index in [2.05, 4.69) is 20.8 Å². The standard InChI is InChI=1S/C41H78O6/c1-4-7-10-13-15-17-18-19-20-21-22-23-24-26-28-31-34-40(43)46-37-38(36-45-39(42)33-30-27-12-9-6-3)47-41(44)35-32-29-25-16-14-11-8-5-2/h38H,4-37H2,1-3H3. The first-order chi connectivity index (χ1) is 23.0. The molecule has 1 unspecified atom stereocenters. The molecule has 0 bridgehead atoms. The van der Waals surface area contributed by atoms with Crippen molar-refractivity contribution in [1.29, 1.82) is 0 Å². The maximum absolute atomic E-state index is 12.5. The number of hydrogen-bond acceptors (Lipinski definition) is 6. The number of ether oxygens (including phenoxy) is 3. The highest BCUT2D eigenvalue weighted by Crippen LogP contribution is 2.15. The highest BCUT2D eigenvalue weighted by Gasteiger charge is 2.19. The second kappa shape index (κ2) is 37.2. The van der Waals surface area contributed by atoms with E-state index in [-0.39, 0.29) is 31.1 Å². The minimum absolute atomic E-state index is 0.0648. The van der Waals surface area contributed by atoms with Crippen molar-refractivity contribution < 1.29 is 28.6 Å². The van der Waals surface area contributed by atoms with E-state index in [1.54, 1.807) is 0 Å². The number of carbonyl (C=O) groups is 3. The van der Waals surface area contributed by atoms with Gasteiger partial charge in [-0.05, 0) is 19.3 Å². The number of rotatable bonds is 37. The van der Waals surface area contributed by atoms with Gasteiger partial charge in [-0.3, -0.25) is 14.4 Å². The van der Waals surface area contributed by atoms with Crippen molar-refractivity contribution in [3.63, 3.8) is 0 Å². The maximum Gasteiger partial charge on any atom is 0.306 e. The van der Waals surface area contributed by atoms with E-state index in [1.165, 1.54) is 122 Å². The molecule has 0 aromatic rings. The quantitative estimate of drug-likeness (QED) is 0.0373. The molecule has 1 atom stereocenters. The maximum atomic E-state index is 12.5. The molecule has 0 saturated heterocycles. The van der Waals surface area contributed by atoms with Gasteiger partial charge in [0.1, 0.15) is 13.2 Å². The van der Waals surface area contributed by atoms with Crippen LogP contribution in [-0.2, 0) is 28.6 Å². The topological polar surface area (TPSA) is 78.9 Å². The van der Waals surface area contributed by atoms with E-state index >= 15 is 0 Å². The minimum atomic E-state index is -0.754. The highest BCUT2D eigenvalue weighted by atomic mass is 16.6. The molecule has 0 amide bonds. The molecule has 0 aliphatic carbocycles. The third kappa shape index (κ3) is 35.5. The van der Waals surface area contributed by atoms with Crippen LogP contribution < -0.4 is 0 Å². The van der Waals surface area contributed by atoms with Gasteiger partial charge in [0.05, 0.1) is 0 Å². The van der Waals surface area contributed by atoms with E-state index in [9.17, 15) is 14.4 Å². The molecule has 0 aromatic carbocycles. The van der Waals surface area contributed by atoms with Crippen LogP contribution in [0.5, 0.6) is 0 Å². The normalized spacial score (nSPS) is 11.8. The van der Waals surface area contributed by atoms with Gasteiger partial charge in [-0.15, -0.1) is 0 Å². The summed E-state index contributed by atoms with van der Waals surface area (Å²) in [5.74, 6) is -0.877. The van der Waals surface area contributed by atoms with Crippen molar-refractivity contribution >= 4 is 17.9 Å². The SMILES string of the molecule is CCCCCCCCCCCCCCCCCCC(=O)OCC(COC(=O)CCCCCCC)OC(=O)CCCCCCCCCC. The smallest absolute Gasteiger partial charge is 0.306 e. The van der Waals surface area contributed by atoms with Gasteiger partial charge >= 0.3 is 17.9 Å². The van der Waals surface area contributed by atoms with Gasteiger partial charge in [-0.25, -0.2) is 0 Å². The summed E-state index contributed by atoms with van der Waals surface area (Å²) in [7, 11) is 0. The molecule has 47 heavy (non-hydrogen) atoms. The monoisotopic (exact) mass is 667 g/mol. The Morgan fingerprint density at radius 3 is 0.851 bits per heavy atom. The number of carbonyl (C=O) groups excluding carboxylic acids is 3. The lowest BCUT2D eigenvalue weighted by atomic mass is 10.0. The lowest BCUT2D eigenvalue weighted by Crippen LogP contribution is -2.30. The van der Waals surface area contributed by atoms with Crippen molar-refractivity contribution in [2.24, 2.45) is 0 Å². The van der Waals surface area contributed by atoms with Crippen LogP contribution in [0, 0.1) is 0 Å². The summed E-state index contributed by atoms with van der Waals surface area (Å²) in [6.45, 7) is 6.53. The van der Waals surface area contributed by atoms with Gasteiger partial charge in [0, 0.05) is 19.3 Å². The van der Waals surface area contributed by atoms with Gasteiger partial charge in [-0.2, -0.15) is 0 Å². The Kier molecular flexibility index (Phi) is 36.0. The third-order valence-corrected chi connectivity index (χ3v) is 9.11. The average molecular weight is 667 g/mol. The van der Waals surface area contributed by atoms with Gasteiger partial charge in [0.25, 0.3) is 0 Å². The predicted octanol–water partition coefficient (Wildman–Crippen LogP) is 12.5. The Hall–Kier alpha value is -1.59. The van der Waals surface area contributed by atoms with E-state index in [0.717, 1.165) is 64.2 Å². The second-order valence-corrected chi connectivity index (χ2v) is 13.9. The molecule has 6 heteroatoms. The lowest BCUT2D eigenvalue weighted by Gasteiger charge is -2.18. The molecule has 0 rings (SSSR count). The van der Waals surface area contributed by atoms with Gasteiger partial charge in [0.15, 0.2) is 6.10 Å². The molecule has 0 heterocycles. The molecule has 0 fully saturated rings. The van der Waals surface area contributed by atoms with Crippen molar-refractivity contribution in [3.8, 4) is 0 Å². The molecular weight excluding hydrogens is 588 g/mol. The predicted molar refractivity (Wildman–Crippen MR) is 197 cm³/mol. The number of unbranched alkanes of at least 4 members (excludes halogenated alkanes) is 26. The molecule has 0 radical (unpaired) electrons. The first-order valence-corrected chi connectivity index (χ1v) is 20.5. The van der Waals surface area contributed by atoms with Crippen LogP contribution in [0.1, 0.15) is 226 Å². The van der Waals surface area contributed by atoms with Crippen LogP contribution in [0.4, 0.5) is 0 Å². The first kappa shape index (κ1) is 45.4. The van der Waals surface area contributed by atoms with Gasteiger partial charge in [-0.1, -0.05) is 188 Å². The zero-order valence-electron chi connectivity index (χ0n) is 31.6. The molecule has 0 spiro atoms. The largest absolute Gasteiger partial charge is 0.462 e. The van der Waals surface area contributed by atoms with E-state index < -0.39 is 6.10 Å². The Labute approximate surface area is 291 Å².